The highest BCUT2D eigenvalue weighted by atomic mass is 19.4. The van der Waals surface area contributed by atoms with Crippen molar-refractivity contribution in [2.45, 2.75) is 18.7 Å². The summed E-state index contributed by atoms with van der Waals surface area (Å²) in [6.45, 7) is 0. The Morgan fingerprint density at radius 3 is 2.29 bits per heavy atom. The summed E-state index contributed by atoms with van der Waals surface area (Å²) in [5.41, 5.74) is 0.729. The van der Waals surface area contributed by atoms with Gasteiger partial charge >= 0.3 is 12.3 Å². The number of ether oxygens (including phenoxy) is 1. The minimum Gasteiger partial charge on any atom is -0.481 e. The van der Waals surface area contributed by atoms with Crippen molar-refractivity contribution in [3.63, 3.8) is 0 Å². The second-order valence-corrected chi connectivity index (χ2v) is 3.90. The predicted octanol–water partition coefficient (Wildman–Crippen LogP) is 2.77. The molecule has 1 aromatic rings. The summed E-state index contributed by atoms with van der Waals surface area (Å²) in [5.74, 6) is -1.67. The maximum absolute atomic E-state index is 11.9. The van der Waals surface area contributed by atoms with Gasteiger partial charge in [-0.15, -0.1) is 13.2 Å². The number of hydrogen-bond donors (Lipinski definition) is 1. The summed E-state index contributed by atoms with van der Waals surface area (Å²) in [5, 5.41) is 8.72. The van der Waals surface area contributed by atoms with Gasteiger partial charge in [0, 0.05) is 0 Å². The van der Waals surface area contributed by atoms with Crippen LogP contribution in [0.3, 0.4) is 0 Å². The molecule has 1 aliphatic rings. The Kier molecular flexibility index (Phi) is 2.73. The minimum absolute atomic E-state index is 0.0903. The molecule has 0 bridgehead atoms. The van der Waals surface area contributed by atoms with E-state index in [1.165, 1.54) is 24.3 Å². The molecule has 0 saturated heterocycles. The maximum atomic E-state index is 11.9. The van der Waals surface area contributed by atoms with Crippen molar-refractivity contribution in [3.8, 4) is 5.75 Å². The van der Waals surface area contributed by atoms with Gasteiger partial charge in [-0.3, -0.25) is 4.79 Å². The topological polar surface area (TPSA) is 46.5 Å². The van der Waals surface area contributed by atoms with Crippen LogP contribution in [0, 0.1) is 5.92 Å². The summed E-state index contributed by atoms with van der Waals surface area (Å²) < 4.78 is 39.4. The Labute approximate surface area is 94.8 Å². The van der Waals surface area contributed by atoms with E-state index in [9.17, 15) is 18.0 Å². The molecule has 92 valence electrons. The zero-order chi connectivity index (χ0) is 12.6. The predicted molar refractivity (Wildman–Crippen MR) is 51.6 cm³/mol. The fraction of sp³-hybridized carbons (Fsp3) is 0.364. The molecule has 1 aliphatic carbocycles. The molecule has 0 spiro atoms. The average molecular weight is 246 g/mol. The van der Waals surface area contributed by atoms with Crippen LogP contribution in [0.2, 0.25) is 0 Å². The normalized spacial score (nSPS) is 23.2. The number of hydrogen-bond acceptors (Lipinski definition) is 2. The number of alkyl halides is 3. The van der Waals surface area contributed by atoms with E-state index in [0.29, 0.717) is 6.42 Å². The highest BCUT2D eigenvalue weighted by molar-refractivity contribution is 5.75. The van der Waals surface area contributed by atoms with Gasteiger partial charge in [-0.1, -0.05) is 12.1 Å². The fourth-order valence-electron chi connectivity index (χ4n) is 1.75. The monoisotopic (exact) mass is 246 g/mol. The maximum Gasteiger partial charge on any atom is 0.573 e. The van der Waals surface area contributed by atoms with Gasteiger partial charge in [-0.25, -0.2) is 0 Å². The van der Waals surface area contributed by atoms with Crippen molar-refractivity contribution in [3.05, 3.63) is 29.8 Å². The zero-order valence-corrected chi connectivity index (χ0v) is 8.57. The molecule has 1 N–H and O–H groups in total. The molecule has 1 saturated carbocycles. The number of benzene rings is 1. The van der Waals surface area contributed by atoms with E-state index in [1.807, 2.05) is 0 Å². The Bertz CT molecular complexity index is 425. The van der Waals surface area contributed by atoms with Crippen molar-refractivity contribution in [1.82, 2.24) is 0 Å². The van der Waals surface area contributed by atoms with Crippen LogP contribution in [-0.4, -0.2) is 17.4 Å². The highest BCUT2D eigenvalue weighted by Gasteiger charge is 2.44. The molecule has 2 atom stereocenters. The van der Waals surface area contributed by atoms with E-state index in [4.69, 9.17) is 5.11 Å². The van der Waals surface area contributed by atoms with Gasteiger partial charge in [-0.2, -0.15) is 0 Å². The molecule has 1 fully saturated rings. The van der Waals surface area contributed by atoms with Gasteiger partial charge in [-0.05, 0) is 30.0 Å². The lowest BCUT2D eigenvalue weighted by molar-refractivity contribution is -0.274. The van der Waals surface area contributed by atoms with Gasteiger partial charge in [0.05, 0.1) is 5.92 Å². The van der Waals surface area contributed by atoms with Gasteiger partial charge in [0.2, 0.25) is 0 Å². The molecule has 0 aliphatic heterocycles. The first-order valence-corrected chi connectivity index (χ1v) is 4.95. The lowest BCUT2D eigenvalue weighted by Gasteiger charge is -2.09. The van der Waals surface area contributed by atoms with Crippen molar-refractivity contribution >= 4 is 5.97 Å². The van der Waals surface area contributed by atoms with Crippen molar-refractivity contribution in [2.75, 3.05) is 0 Å². The molecule has 3 nitrogen and oxygen atoms in total. The smallest absolute Gasteiger partial charge is 0.481 e. The van der Waals surface area contributed by atoms with Gasteiger partial charge in [0.15, 0.2) is 0 Å². The Hall–Kier alpha value is -1.72. The van der Waals surface area contributed by atoms with E-state index in [2.05, 4.69) is 4.74 Å². The first-order chi connectivity index (χ1) is 7.87. The highest BCUT2D eigenvalue weighted by Crippen LogP contribution is 2.47. The molecule has 0 radical (unpaired) electrons. The summed E-state index contributed by atoms with van der Waals surface area (Å²) >= 11 is 0. The number of aliphatic carboxylic acids is 1. The van der Waals surface area contributed by atoms with E-state index in [0.717, 1.165) is 5.56 Å². The number of rotatable bonds is 3. The second kappa shape index (κ2) is 3.94. The van der Waals surface area contributed by atoms with Crippen molar-refractivity contribution < 1.29 is 27.8 Å². The van der Waals surface area contributed by atoms with E-state index in [1.54, 1.807) is 0 Å². The molecule has 0 amide bonds. The van der Waals surface area contributed by atoms with Gasteiger partial charge in [0.25, 0.3) is 0 Å². The average Bonchev–Trinajstić information content (AvgIpc) is 2.96. The third kappa shape index (κ3) is 2.89. The summed E-state index contributed by atoms with van der Waals surface area (Å²) in [6, 6.07) is 5.32. The molecule has 1 aromatic carbocycles. The van der Waals surface area contributed by atoms with Crippen LogP contribution in [0.25, 0.3) is 0 Å². The van der Waals surface area contributed by atoms with E-state index in [-0.39, 0.29) is 11.7 Å². The number of carboxylic acids is 1. The van der Waals surface area contributed by atoms with Crippen LogP contribution in [0.4, 0.5) is 13.2 Å². The Morgan fingerprint density at radius 1 is 1.29 bits per heavy atom. The van der Waals surface area contributed by atoms with Crippen LogP contribution in [0.1, 0.15) is 17.9 Å². The van der Waals surface area contributed by atoms with Crippen molar-refractivity contribution in [1.29, 1.82) is 0 Å². The zero-order valence-electron chi connectivity index (χ0n) is 8.57. The molecular weight excluding hydrogens is 237 g/mol. The van der Waals surface area contributed by atoms with Crippen molar-refractivity contribution in [2.24, 2.45) is 5.92 Å². The molecular formula is C11H9F3O3. The summed E-state index contributed by atoms with van der Waals surface area (Å²) in [7, 11) is 0. The Balaban J connectivity index is 2.02. The summed E-state index contributed by atoms with van der Waals surface area (Å²) in [4.78, 5) is 10.6. The molecule has 0 unspecified atom stereocenters. The third-order valence-corrected chi connectivity index (χ3v) is 2.65. The third-order valence-electron chi connectivity index (χ3n) is 2.65. The fourth-order valence-corrected chi connectivity index (χ4v) is 1.75. The number of carbonyl (C=O) groups is 1. The molecule has 0 aromatic heterocycles. The van der Waals surface area contributed by atoms with Gasteiger partial charge < -0.3 is 9.84 Å². The summed E-state index contributed by atoms with van der Waals surface area (Å²) in [6.07, 6.45) is -4.17. The van der Waals surface area contributed by atoms with Crippen LogP contribution in [0.5, 0.6) is 5.75 Å². The Morgan fingerprint density at radius 2 is 1.88 bits per heavy atom. The minimum atomic E-state index is -4.70. The number of carboxylic acid groups (broad SMARTS) is 1. The molecule has 0 heterocycles. The SMILES string of the molecule is O=C(O)[C@H]1C[C@@H]1c1ccc(OC(F)(F)F)cc1. The number of halogens is 3. The van der Waals surface area contributed by atoms with Gasteiger partial charge in [0.1, 0.15) is 5.75 Å². The first-order valence-electron chi connectivity index (χ1n) is 4.95. The largest absolute Gasteiger partial charge is 0.573 e. The second-order valence-electron chi connectivity index (χ2n) is 3.90. The van der Waals surface area contributed by atoms with Crippen LogP contribution in [0.15, 0.2) is 24.3 Å². The standard InChI is InChI=1S/C11H9F3O3/c12-11(13,14)17-7-3-1-6(2-4-7)8-5-9(8)10(15)16/h1-4,8-9H,5H2,(H,15,16)/t8-,9+/m1/s1. The lowest BCUT2D eigenvalue weighted by atomic mass is 10.1. The van der Waals surface area contributed by atoms with Crippen LogP contribution >= 0.6 is 0 Å². The molecule has 2 rings (SSSR count). The van der Waals surface area contributed by atoms with Crippen LogP contribution in [-0.2, 0) is 4.79 Å². The molecule has 17 heavy (non-hydrogen) atoms. The molecule has 6 heteroatoms. The lowest BCUT2D eigenvalue weighted by Crippen LogP contribution is -2.17. The van der Waals surface area contributed by atoms with E-state index >= 15 is 0 Å². The quantitative estimate of drug-likeness (QED) is 0.891. The van der Waals surface area contributed by atoms with E-state index < -0.39 is 18.2 Å². The van der Waals surface area contributed by atoms with Crippen LogP contribution < -0.4 is 4.74 Å². The first kappa shape index (κ1) is 11.8.